The van der Waals surface area contributed by atoms with Crippen molar-refractivity contribution in [3.8, 4) is 0 Å². The topological polar surface area (TPSA) is 12.0 Å². The van der Waals surface area contributed by atoms with E-state index in [-0.39, 0.29) is 0 Å². The van der Waals surface area contributed by atoms with Gasteiger partial charge in [-0.15, -0.1) is 0 Å². The van der Waals surface area contributed by atoms with Gasteiger partial charge in [0.15, 0.2) is 8.96 Å². The second kappa shape index (κ2) is 7.41. The monoisotopic (exact) mass is 339 g/mol. The van der Waals surface area contributed by atoms with Crippen molar-refractivity contribution in [2.45, 2.75) is 72.8 Å². The molecule has 0 amide bonds. The molecule has 1 N–H and O–H groups in total. The van der Waals surface area contributed by atoms with Crippen LogP contribution in [0, 0.1) is 12.8 Å². The van der Waals surface area contributed by atoms with E-state index in [2.05, 4.69) is 63.9 Å². The van der Waals surface area contributed by atoms with Gasteiger partial charge >= 0.3 is 0 Å². The third-order valence-corrected chi connectivity index (χ3v) is 10.2. The zero-order chi connectivity index (χ0) is 17.3. The lowest BCUT2D eigenvalue weighted by Gasteiger charge is -2.32. The van der Waals surface area contributed by atoms with Crippen LogP contribution in [0.5, 0.6) is 0 Å². The summed E-state index contributed by atoms with van der Waals surface area (Å²) in [5.74, 6) is 0.609. The van der Waals surface area contributed by atoms with Gasteiger partial charge in [-0.05, 0) is 57.2 Å². The molecule has 2 heteroatoms. The van der Waals surface area contributed by atoms with Crippen molar-refractivity contribution in [2.75, 3.05) is 0 Å². The fourth-order valence-electron chi connectivity index (χ4n) is 4.62. The van der Waals surface area contributed by atoms with Gasteiger partial charge in [-0.25, -0.2) is 0 Å². The predicted octanol–water partition coefficient (Wildman–Crippen LogP) is 4.69. The molecule has 1 saturated carbocycles. The standard InChI is InChI=1S/C22H33NSi/c1-15-11-9-10-14-21(15)24(23-20-12-7-6-8-13-20)22-18(4)16(2)17(3)19(22)5/h9-11,14,18,20,23-24H,6-8,12-13H2,1-5H3. The molecular weight excluding hydrogens is 306 g/mol. The molecule has 0 bridgehead atoms. The van der Waals surface area contributed by atoms with Crippen LogP contribution in [0.3, 0.4) is 0 Å². The molecule has 2 aliphatic rings. The Morgan fingerprint density at radius 2 is 1.58 bits per heavy atom. The first-order chi connectivity index (χ1) is 11.5. The van der Waals surface area contributed by atoms with Crippen molar-refractivity contribution in [3.05, 3.63) is 51.7 Å². The van der Waals surface area contributed by atoms with E-state index in [0.29, 0.717) is 5.92 Å². The summed E-state index contributed by atoms with van der Waals surface area (Å²) in [5, 5.41) is 3.34. The number of nitrogens with one attached hydrogen (secondary N) is 1. The summed E-state index contributed by atoms with van der Waals surface area (Å²) in [6, 6.07) is 9.81. The quantitative estimate of drug-likeness (QED) is 0.785. The summed E-state index contributed by atoms with van der Waals surface area (Å²) < 4.78 is 0. The highest BCUT2D eigenvalue weighted by Crippen LogP contribution is 2.37. The van der Waals surface area contributed by atoms with Crippen LogP contribution in [-0.4, -0.2) is 15.0 Å². The largest absolute Gasteiger partial charge is 0.330 e. The van der Waals surface area contributed by atoms with E-state index in [1.54, 1.807) is 21.5 Å². The Balaban J connectivity index is 1.98. The maximum atomic E-state index is 4.21. The van der Waals surface area contributed by atoms with E-state index in [9.17, 15) is 0 Å². The van der Waals surface area contributed by atoms with Gasteiger partial charge in [-0.3, -0.25) is 0 Å². The maximum absolute atomic E-state index is 4.21. The van der Waals surface area contributed by atoms with Gasteiger partial charge in [-0.2, -0.15) is 0 Å². The minimum Gasteiger partial charge on any atom is -0.330 e. The van der Waals surface area contributed by atoms with Gasteiger partial charge in [0, 0.05) is 6.04 Å². The summed E-state index contributed by atoms with van der Waals surface area (Å²) in [4.78, 5) is 4.21. The van der Waals surface area contributed by atoms with Crippen LogP contribution in [-0.2, 0) is 0 Å². The molecule has 0 aliphatic heterocycles. The molecule has 1 nitrogen and oxygen atoms in total. The second-order valence-corrected chi connectivity index (χ2v) is 10.3. The van der Waals surface area contributed by atoms with Crippen LogP contribution in [0.2, 0.25) is 0 Å². The Kier molecular flexibility index (Phi) is 5.46. The van der Waals surface area contributed by atoms with Crippen LogP contribution in [0.1, 0.15) is 65.4 Å². The third-order valence-electron chi connectivity index (χ3n) is 6.52. The van der Waals surface area contributed by atoms with E-state index in [1.807, 2.05) is 0 Å². The number of benzene rings is 1. The Hall–Kier alpha value is -1.12. The van der Waals surface area contributed by atoms with Gasteiger partial charge in [0.2, 0.25) is 0 Å². The maximum Gasteiger partial charge on any atom is 0.170 e. The van der Waals surface area contributed by atoms with Gasteiger partial charge < -0.3 is 4.98 Å². The van der Waals surface area contributed by atoms with Crippen LogP contribution in [0.25, 0.3) is 0 Å². The minimum absolute atomic E-state index is 0.609. The molecular formula is C22H33NSi. The zero-order valence-electron chi connectivity index (χ0n) is 16.1. The van der Waals surface area contributed by atoms with Crippen LogP contribution in [0.4, 0.5) is 0 Å². The first-order valence-corrected chi connectivity index (χ1v) is 11.4. The van der Waals surface area contributed by atoms with Gasteiger partial charge in [0.1, 0.15) is 0 Å². The van der Waals surface area contributed by atoms with Crippen molar-refractivity contribution in [1.82, 2.24) is 4.98 Å². The average Bonchev–Trinajstić information content (AvgIpc) is 2.78. The number of hydrogen-bond acceptors (Lipinski definition) is 1. The predicted molar refractivity (Wildman–Crippen MR) is 108 cm³/mol. The smallest absolute Gasteiger partial charge is 0.170 e. The lowest BCUT2D eigenvalue weighted by molar-refractivity contribution is 0.417. The Bertz CT molecular complexity index is 664. The van der Waals surface area contributed by atoms with Gasteiger partial charge in [-0.1, -0.05) is 72.4 Å². The Morgan fingerprint density at radius 1 is 0.917 bits per heavy atom. The van der Waals surface area contributed by atoms with Gasteiger partial charge in [0.05, 0.1) is 0 Å². The third kappa shape index (κ3) is 3.32. The van der Waals surface area contributed by atoms with Crippen molar-refractivity contribution in [2.24, 2.45) is 5.92 Å². The number of hydrogen-bond donors (Lipinski definition) is 1. The SMILES string of the molecule is CC1=C(C)C(C)C([SiH](NC2CCCCC2)c2ccccc2C)=C1C. The molecule has 130 valence electrons. The first-order valence-electron chi connectivity index (χ1n) is 9.70. The lowest BCUT2D eigenvalue weighted by Crippen LogP contribution is -2.53. The molecule has 0 heterocycles. The molecule has 2 unspecified atom stereocenters. The van der Waals surface area contributed by atoms with Crippen molar-refractivity contribution in [3.63, 3.8) is 0 Å². The zero-order valence-corrected chi connectivity index (χ0v) is 17.2. The number of aryl methyl sites for hydroxylation is 1. The van der Waals surface area contributed by atoms with Crippen LogP contribution < -0.4 is 10.2 Å². The lowest BCUT2D eigenvalue weighted by atomic mass is 9.96. The normalized spacial score (nSPS) is 24.0. The van der Waals surface area contributed by atoms with E-state index in [4.69, 9.17) is 0 Å². The summed E-state index contributed by atoms with van der Waals surface area (Å²) in [5.41, 5.74) is 6.16. The highest BCUT2D eigenvalue weighted by Gasteiger charge is 2.33. The molecule has 0 saturated heterocycles. The molecule has 0 spiro atoms. The summed E-state index contributed by atoms with van der Waals surface area (Å²) in [6.07, 6.45) is 6.95. The second-order valence-electron chi connectivity index (χ2n) is 7.90. The van der Waals surface area contributed by atoms with E-state index in [0.717, 1.165) is 6.04 Å². The molecule has 0 radical (unpaired) electrons. The number of rotatable bonds is 4. The molecule has 1 aromatic rings. The average molecular weight is 340 g/mol. The van der Waals surface area contributed by atoms with E-state index >= 15 is 0 Å². The highest BCUT2D eigenvalue weighted by atomic mass is 28.3. The van der Waals surface area contributed by atoms with Crippen molar-refractivity contribution in [1.29, 1.82) is 0 Å². The summed E-state index contributed by atoms with van der Waals surface area (Å²) in [7, 11) is -1.36. The van der Waals surface area contributed by atoms with E-state index < -0.39 is 8.96 Å². The molecule has 3 rings (SSSR count). The molecule has 2 atom stereocenters. The molecule has 2 aliphatic carbocycles. The fraction of sp³-hybridized carbons (Fsp3) is 0.545. The molecule has 1 fully saturated rings. The van der Waals surface area contributed by atoms with Crippen molar-refractivity contribution >= 4 is 14.1 Å². The Morgan fingerprint density at radius 3 is 2.17 bits per heavy atom. The molecule has 24 heavy (non-hydrogen) atoms. The first kappa shape index (κ1) is 17.7. The minimum atomic E-state index is -1.36. The summed E-state index contributed by atoms with van der Waals surface area (Å²) >= 11 is 0. The summed E-state index contributed by atoms with van der Waals surface area (Å²) in [6.45, 7) is 11.7. The molecule has 0 aromatic heterocycles. The highest BCUT2D eigenvalue weighted by molar-refractivity contribution is 6.78. The van der Waals surface area contributed by atoms with Crippen LogP contribution in [0.15, 0.2) is 46.2 Å². The fourth-order valence-corrected chi connectivity index (χ4v) is 8.38. The Labute approximate surface area is 149 Å². The van der Waals surface area contributed by atoms with Gasteiger partial charge in [0.25, 0.3) is 0 Å². The number of allylic oxidation sites excluding steroid dienone is 4. The van der Waals surface area contributed by atoms with Crippen molar-refractivity contribution < 1.29 is 0 Å². The molecule has 1 aromatic carbocycles. The van der Waals surface area contributed by atoms with Crippen LogP contribution >= 0.6 is 0 Å². The van der Waals surface area contributed by atoms with E-state index in [1.165, 1.54) is 43.2 Å².